The number of nitrogens with zero attached hydrogens (tertiary/aromatic N) is 4. The summed E-state index contributed by atoms with van der Waals surface area (Å²) in [5.41, 5.74) is 8.70. The van der Waals surface area contributed by atoms with Crippen LogP contribution in [0.15, 0.2) is 59.3 Å². The van der Waals surface area contributed by atoms with Crippen molar-refractivity contribution in [1.29, 1.82) is 0 Å². The highest BCUT2D eigenvalue weighted by atomic mass is 79.9. The van der Waals surface area contributed by atoms with E-state index in [0.29, 0.717) is 47.6 Å². The Bertz CT molecular complexity index is 1550. The Hall–Kier alpha value is -3.92. The summed E-state index contributed by atoms with van der Waals surface area (Å²) in [7, 11) is 0. The Morgan fingerprint density at radius 2 is 1.98 bits per heavy atom. The molecule has 1 aliphatic rings. The summed E-state index contributed by atoms with van der Waals surface area (Å²) in [5, 5.41) is 5.23. The van der Waals surface area contributed by atoms with Crippen LogP contribution in [0.2, 0.25) is 0 Å². The smallest absolute Gasteiger partial charge is 0.410 e. The average molecular weight is 606 g/mol. The van der Waals surface area contributed by atoms with E-state index in [4.69, 9.17) is 20.2 Å². The van der Waals surface area contributed by atoms with Crippen molar-refractivity contribution in [3.05, 3.63) is 64.9 Å². The van der Waals surface area contributed by atoms with Crippen LogP contribution in [0.1, 0.15) is 39.2 Å². The Labute approximate surface area is 242 Å². The molecule has 1 amide bonds. The monoisotopic (exact) mass is 604 g/mol. The lowest BCUT2D eigenvalue weighted by atomic mass is 10.0. The molecule has 10 heteroatoms. The average Bonchev–Trinajstić information content (AvgIpc) is 2.90. The van der Waals surface area contributed by atoms with E-state index < -0.39 is 5.60 Å². The molecule has 2 aromatic carbocycles. The van der Waals surface area contributed by atoms with Gasteiger partial charge in [-0.15, -0.1) is 0 Å². The van der Waals surface area contributed by atoms with Gasteiger partial charge in [-0.05, 0) is 80.2 Å². The molecule has 2 aromatic heterocycles. The standard InChI is InChI=1S/C30H33BrN6O3/c1-18-10-11-21-22(8-5-9-24(21)32)26(18)39-27-23(15-19(31)16-34-27)25-12-13-33-28(36-25)35-20-7-6-14-37(17-20)29(38)40-30(2,3)4/h5,8-13,15-16,20H,6-7,14,17,32H2,1-4H3,(H,33,35,36)/t20-/m0/s1. The minimum absolute atomic E-state index is 0.00309. The normalized spacial score (nSPS) is 15.6. The van der Waals surface area contributed by atoms with Gasteiger partial charge >= 0.3 is 6.09 Å². The number of hydrogen-bond donors (Lipinski definition) is 2. The number of anilines is 2. The first kappa shape index (κ1) is 27.6. The minimum Gasteiger partial charge on any atom is -0.444 e. The Balaban J connectivity index is 1.40. The lowest BCUT2D eigenvalue weighted by molar-refractivity contribution is 0.0206. The molecule has 1 atom stereocenters. The number of nitrogens with two attached hydrogens (primary N) is 1. The van der Waals surface area contributed by atoms with E-state index in [1.54, 1.807) is 17.3 Å². The van der Waals surface area contributed by atoms with E-state index in [1.165, 1.54) is 0 Å². The molecular weight excluding hydrogens is 572 g/mol. The van der Waals surface area contributed by atoms with Gasteiger partial charge in [0, 0.05) is 52.5 Å². The largest absolute Gasteiger partial charge is 0.444 e. The minimum atomic E-state index is -0.538. The van der Waals surface area contributed by atoms with Gasteiger partial charge in [0.2, 0.25) is 11.8 Å². The fraction of sp³-hybridized carbons (Fsp3) is 0.333. The number of ether oxygens (including phenoxy) is 2. The molecule has 1 fully saturated rings. The summed E-state index contributed by atoms with van der Waals surface area (Å²) in [6, 6.07) is 13.5. The highest BCUT2D eigenvalue weighted by molar-refractivity contribution is 9.10. The van der Waals surface area contributed by atoms with Crippen LogP contribution in [0.5, 0.6) is 11.6 Å². The van der Waals surface area contributed by atoms with E-state index >= 15 is 0 Å². The third kappa shape index (κ3) is 6.28. The van der Waals surface area contributed by atoms with Gasteiger partial charge in [0.25, 0.3) is 0 Å². The molecule has 0 spiro atoms. The van der Waals surface area contributed by atoms with Crippen molar-refractivity contribution in [1.82, 2.24) is 19.9 Å². The van der Waals surface area contributed by atoms with E-state index in [-0.39, 0.29) is 12.1 Å². The predicted octanol–water partition coefficient (Wildman–Crippen LogP) is 6.95. The van der Waals surface area contributed by atoms with Gasteiger partial charge in [0.1, 0.15) is 11.4 Å². The highest BCUT2D eigenvalue weighted by Crippen LogP contribution is 2.38. The first-order valence-corrected chi connectivity index (χ1v) is 14.1. The fourth-order valence-corrected chi connectivity index (χ4v) is 5.07. The van der Waals surface area contributed by atoms with Crippen LogP contribution in [-0.4, -0.2) is 50.7 Å². The number of pyridine rings is 1. The van der Waals surface area contributed by atoms with E-state index in [2.05, 4.69) is 31.2 Å². The number of benzene rings is 2. The molecule has 1 aliphatic heterocycles. The summed E-state index contributed by atoms with van der Waals surface area (Å²) in [6.45, 7) is 8.78. The second-order valence-electron chi connectivity index (χ2n) is 10.9. The van der Waals surface area contributed by atoms with E-state index in [0.717, 1.165) is 33.7 Å². The van der Waals surface area contributed by atoms with Crippen LogP contribution in [0.25, 0.3) is 22.0 Å². The number of nitrogen functional groups attached to an aromatic ring is 1. The maximum absolute atomic E-state index is 12.6. The van der Waals surface area contributed by atoms with Crippen LogP contribution < -0.4 is 15.8 Å². The summed E-state index contributed by atoms with van der Waals surface area (Å²) in [5.74, 6) is 1.57. The number of carbonyl (C=O) groups is 1. The van der Waals surface area contributed by atoms with Gasteiger partial charge in [0.15, 0.2) is 0 Å². The van der Waals surface area contributed by atoms with Gasteiger partial charge in [-0.25, -0.2) is 19.7 Å². The third-order valence-corrected chi connectivity index (χ3v) is 7.03. The maximum Gasteiger partial charge on any atom is 0.410 e. The second kappa shape index (κ2) is 11.3. The number of aryl methyl sites for hydroxylation is 1. The third-order valence-electron chi connectivity index (χ3n) is 6.60. The summed E-state index contributed by atoms with van der Waals surface area (Å²) < 4.78 is 12.8. The Morgan fingerprint density at radius 3 is 2.77 bits per heavy atom. The van der Waals surface area contributed by atoms with Crippen molar-refractivity contribution < 1.29 is 14.3 Å². The fourth-order valence-electron chi connectivity index (χ4n) is 4.74. The first-order valence-electron chi connectivity index (χ1n) is 13.3. The lowest BCUT2D eigenvalue weighted by Gasteiger charge is -2.34. The number of rotatable bonds is 5. The topological polar surface area (TPSA) is 115 Å². The van der Waals surface area contributed by atoms with Crippen molar-refractivity contribution in [2.45, 2.75) is 52.2 Å². The molecule has 208 valence electrons. The molecule has 5 rings (SSSR count). The van der Waals surface area contributed by atoms with Gasteiger partial charge in [-0.2, -0.15) is 0 Å². The number of piperidine rings is 1. The van der Waals surface area contributed by atoms with E-state index in [9.17, 15) is 4.79 Å². The van der Waals surface area contributed by atoms with Crippen LogP contribution in [0, 0.1) is 6.92 Å². The molecule has 3 heterocycles. The van der Waals surface area contributed by atoms with Crippen LogP contribution in [0.4, 0.5) is 16.4 Å². The molecule has 0 aliphatic carbocycles. The van der Waals surface area contributed by atoms with Crippen LogP contribution in [0.3, 0.4) is 0 Å². The van der Waals surface area contributed by atoms with Crippen LogP contribution in [-0.2, 0) is 4.74 Å². The lowest BCUT2D eigenvalue weighted by Crippen LogP contribution is -2.47. The first-order chi connectivity index (χ1) is 19.1. The predicted molar refractivity (Wildman–Crippen MR) is 161 cm³/mol. The van der Waals surface area contributed by atoms with Gasteiger partial charge in [-0.1, -0.05) is 24.3 Å². The molecule has 3 N–H and O–H groups in total. The molecule has 40 heavy (non-hydrogen) atoms. The van der Waals surface area contributed by atoms with Gasteiger partial charge < -0.3 is 25.4 Å². The second-order valence-corrected chi connectivity index (χ2v) is 11.9. The van der Waals surface area contributed by atoms with Crippen molar-refractivity contribution in [3.8, 4) is 22.9 Å². The van der Waals surface area contributed by atoms with Crippen molar-refractivity contribution in [2.24, 2.45) is 0 Å². The zero-order valence-corrected chi connectivity index (χ0v) is 24.7. The zero-order chi connectivity index (χ0) is 28.4. The molecule has 0 bridgehead atoms. The Kier molecular flexibility index (Phi) is 7.80. The molecule has 0 radical (unpaired) electrons. The summed E-state index contributed by atoms with van der Waals surface area (Å²) in [4.78, 5) is 28.2. The molecule has 1 saturated heterocycles. The number of halogens is 1. The number of fused-ring (bicyclic) bond motifs is 1. The SMILES string of the molecule is Cc1ccc2c(N)cccc2c1Oc1ncc(Br)cc1-c1ccnc(N[C@H]2CCCN(C(=O)OC(C)(C)C)C2)n1. The molecule has 9 nitrogen and oxygen atoms in total. The van der Waals surface area contributed by atoms with Gasteiger partial charge in [-0.3, -0.25) is 0 Å². The van der Waals surface area contributed by atoms with Crippen molar-refractivity contribution >= 4 is 44.4 Å². The van der Waals surface area contributed by atoms with Gasteiger partial charge in [0.05, 0.1) is 11.3 Å². The quantitative estimate of drug-likeness (QED) is 0.235. The molecule has 0 unspecified atom stereocenters. The van der Waals surface area contributed by atoms with Crippen molar-refractivity contribution in [2.75, 3.05) is 24.1 Å². The number of likely N-dealkylation sites (tertiary alicyclic amines) is 1. The molecule has 4 aromatic rings. The highest BCUT2D eigenvalue weighted by Gasteiger charge is 2.28. The number of nitrogens with one attached hydrogen (secondary N) is 1. The number of carbonyl (C=O) groups excluding carboxylic acids is 1. The number of amides is 1. The summed E-state index contributed by atoms with van der Waals surface area (Å²) in [6.07, 6.45) is 4.85. The van der Waals surface area contributed by atoms with E-state index in [1.807, 2.05) is 70.2 Å². The number of aromatic nitrogens is 3. The summed E-state index contributed by atoms with van der Waals surface area (Å²) >= 11 is 3.54. The number of hydrogen-bond acceptors (Lipinski definition) is 8. The van der Waals surface area contributed by atoms with Crippen molar-refractivity contribution in [3.63, 3.8) is 0 Å². The maximum atomic E-state index is 12.6. The Morgan fingerprint density at radius 1 is 1.15 bits per heavy atom. The molecular formula is C30H33BrN6O3. The zero-order valence-electron chi connectivity index (χ0n) is 23.1. The van der Waals surface area contributed by atoms with Crippen LogP contribution >= 0.6 is 15.9 Å². The molecule has 0 saturated carbocycles.